The minimum Gasteiger partial charge on any atom is -0.497 e. The molecule has 1 aromatic heterocycles. The second-order valence-electron chi connectivity index (χ2n) is 5.99. The number of aryl methyl sites for hydroxylation is 1. The molecule has 0 saturated heterocycles. The molecule has 6 nitrogen and oxygen atoms in total. The molecule has 26 heavy (non-hydrogen) atoms. The van der Waals surface area contributed by atoms with Gasteiger partial charge in [0.25, 0.3) is 0 Å². The molecular formula is C19H18N4O2S. The fourth-order valence-electron chi connectivity index (χ4n) is 2.91. The summed E-state index contributed by atoms with van der Waals surface area (Å²) in [6, 6.07) is 15.5. The number of aromatic nitrogens is 3. The summed E-state index contributed by atoms with van der Waals surface area (Å²) in [6.45, 7) is 0. The van der Waals surface area contributed by atoms with E-state index in [2.05, 4.69) is 26.6 Å². The first-order valence-electron chi connectivity index (χ1n) is 8.35. The minimum atomic E-state index is -0.220. The summed E-state index contributed by atoms with van der Waals surface area (Å²) in [5.41, 5.74) is 2.98. The Morgan fingerprint density at radius 2 is 1.96 bits per heavy atom. The van der Waals surface area contributed by atoms with Crippen LogP contribution in [0.25, 0.3) is 11.4 Å². The molecule has 132 valence electrons. The highest BCUT2D eigenvalue weighted by molar-refractivity contribution is 8.00. The summed E-state index contributed by atoms with van der Waals surface area (Å²) >= 11 is 1.39. The molecular weight excluding hydrogens is 348 g/mol. The molecule has 2 aromatic carbocycles. The van der Waals surface area contributed by atoms with Crippen LogP contribution in [0.3, 0.4) is 0 Å². The second-order valence-corrected chi connectivity index (χ2v) is 7.16. The number of carbonyl (C=O) groups excluding carboxylic acids is 1. The zero-order valence-corrected chi connectivity index (χ0v) is 15.0. The maximum atomic E-state index is 12.5. The molecule has 0 radical (unpaired) electrons. The molecule has 0 unspecified atom stereocenters. The van der Waals surface area contributed by atoms with Gasteiger partial charge in [0.15, 0.2) is 5.82 Å². The van der Waals surface area contributed by atoms with E-state index in [0.717, 1.165) is 35.4 Å². The predicted molar refractivity (Wildman–Crippen MR) is 101 cm³/mol. The van der Waals surface area contributed by atoms with Crippen LogP contribution in [0.15, 0.2) is 53.7 Å². The SMILES string of the molecule is COc1ccc(-c2nc(S[C@@H]3CCc4ccccc4NC3=O)n[nH]2)cc1. The number of anilines is 1. The van der Waals surface area contributed by atoms with Gasteiger partial charge in [0, 0.05) is 11.3 Å². The van der Waals surface area contributed by atoms with Crippen LogP contribution in [0.4, 0.5) is 5.69 Å². The third-order valence-corrected chi connectivity index (χ3v) is 5.45. The highest BCUT2D eigenvalue weighted by atomic mass is 32.2. The summed E-state index contributed by atoms with van der Waals surface area (Å²) in [7, 11) is 1.63. The molecule has 0 saturated carbocycles. The molecule has 0 bridgehead atoms. The van der Waals surface area contributed by atoms with Gasteiger partial charge in [-0.1, -0.05) is 30.0 Å². The number of methoxy groups -OCH3 is 1. The highest BCUT2D eigenvalue weighted by Crippen LogP contribution is 2.30. The van der Waals surface area contributed by atoms with Gasteiger partial charge in [-0.3, -0.25) is 9.89 Å². The van der Waals surface area contributed by atoms with E-state index >= 15 is 0 Å². The van der Waals surface area contributed by atoms with Crippen molar-refractivity contribution in [2.45, 2.75) is 23.2 Å². The summed E-state index contributed by atoms with van der Waals surface area (Å²) < 4.78 is 5.17. The lowest BCUT2D eigenvalue weighted by atomic mass is 10.1. The van der Waals surface area contributed by atoms with E-state index in [9.17, 15) is 4.79 Å². The lowest BCUT2D eigenvalue weighted by Crippen LogP contribution is -2.23. The van der Waals surface area contributed by atoms with E-state index in [-0.39, 0.29) is 11.2 Å². The Bertz CT molecular complexity index is 923. The number of nitrogens with one attached hydrogen (secondary N) is 2. The number of nitrogens with zero attached hydrogens (tertiary/aromatic N) is 2. The molecule has 3 aromatic rings. The number of amides is 1. The Hall–Kier alpha value is -2.80. The Morgan fingerprint density at radius 3 is 2.77 bits per heavy atom. The fourth-order valence-corrected chi connectivity index (χ4v) is 3.81. The van der Waals surface area contributed by atoms with Crippen molar-refractivity contribution in [3.63, 3.8) is 0 Å². The van der Waals surface area contributed by atoms with Gasteiger partial charge < -0.3 is 10.1 Å². The van der Waals surface area contributed by atoms with Crippen molar-refractivity contribution in [1.82, 2.24) is 15.2 Å². The van der Waals surface area contributed by atoms with Gasteiger partial charge in [-0.15, -0.1) is 5.10 Å². The average molecular weight is 366 g/mol. The lowest BCUT2D eigenvalue weighted by Gasteiger charge is -2.10. The highest BCUT2D eigenvalue weighted by Gasteiger charge is 2.26. The molecule has 4 rings (SSSR count). The standard InChI is InChI=1S/C19H18N4O2S/c1-25-14-9-6-13(7-10-14)17-21-19(23-22-17)26-16-11-8-12-4-2-3-5-15(12)20-18(16)24/h2-7,9-10,16H,8,11H2,1H3,(H,20,24)(H,21,22,23)/t16-/m1/s1. The summed E-state index contributed by atoms with van der Waals surface area (Å²) in [5.74, 6) is 1.46. The van der Waals surface area contributed by atoms with Gasteiger partial charge >= 0.3 is 0 Å². The van der Waals surface area contributed by atoms with Crippen LogP contribution < -0.4 is 10.1 Å². The fraction of sp³-hybridized carbons (Fsp3) is 0.211. The van der Waals surface area contributed by atoms with E-state index in [1.165, 1.54) is 11.8 Å². The lowest BCUT2D eigenvalue weighted by molar-refractivity contribution is -0.115. The first-order valence-corrected chi connectivity index (χ1v) is 9.23. The van der Waals surface area contributed by atoms with Crippen molar-refractivity contribution in [2.24, 2.45) is 0 Å². The number of benzene rings is 2. The van der Waals surface area contributed by atoms with Crippen LogP contribution in [0.2, 0.25) is 0 Å². The Labute approximate surface area is 155 Å². The molecule has 1 aliphatic heterocycles. The molecule has 1 aliphatic rings. The number of para-hydroxylation sites is 1. The number of hydrogen-bond acceptors (Lipinski definition) is 5. The molecule has 0 spiro atoms. The van der Waals surface area contributed by atoms with E-state index in [0.29, 0.717) is 11.0 Å². The normalized spacial score (nSPS) is 16.5. The van der Waals surface area contributed by atoms with E-state index in [1.807, 2.05) is 42.5 Å². The minimum absolute atomic E-state index is 0.00394. The number of carbonyl (C=O) groups is 1. The molecule has 0 fully saturated rings. The van der Waals surface area contributed by atoms with E-state index in [4.69, 9.17) is 4.74 Å². The Balaban J connectivity index is 1.48. The van der Waals surface area contributed by atoms with Crippen molar-refractivity contribution in [3.8, 4) is 17.1 Å². The number of fused-ring (bicyclic) bond motifs is 1. The van der Waals surface area contributed by atoms with Crippen LogP contribution >= 0.6 is 11.8 Å². The third kappa shape index (κ3) is 3.43. The second kappa shape index (κ2) is 7.21. The number of rotatable bonds is 4. The number of thioether (sulfide) groups is 1. The van der Waals surface area contributed by atoms with Crippen LogP contribution in [-0.4, -0.2) is 33.4 Å². The quantitative estimate of drug-likeness (QED) is 0.738. The van der Waals surface area contributed by atoms with Crippen molar-refractivity contribution in [3.05, 3.63) is 54.1 Å². The molecule has 7 heteroatoms. The molecule has 2 heterocycles. The number of aromatic amines is 1. The monoisotopic (exact) mass is 366 g/mol. The Kier molecular flexibility index (Phi) is 4.62. The first-order chi connectivity index (χ1) is 12.7. The van der Waals surface area contributed by atoms with Gasteiger partial charge in [0.2, 0.25) is 11.1 Å². The van der Waals surface area contributed by atoms with Crippen molar-refractivity contribution in [1.29, 1.82) is 0 Å². The average Bonchev–Trinajstić information content (AvgIpc) is 3.08. The van der Waals surface area contributed by atoms with Gasteiger partial charge in [-0.25, -0.2) is 4.98 Å². The van der Waals surface area contributed by atoms with E-state index in [1.54, 1.807) is 7.11 Å². The summed E-state index contributed by atoms with van der Waals surface area (Å²) in [5, 5.41) is 10.6. The van der Waals surface area contributed by atoms with Gasteiger partial charge in [-0.05, 0) is 48.7 Å². The zero-order chi connectivity index (χ0) is 17.9. The maximum absolute atomic E-state index is 12.5. The summed E-state index contributed by atoms with van der Waals surface area (Å²) in [6.07, 6.45) is 1.60. The van der Waals surface area contributed by atoms with Gasteiger partial charge in [0.05, 0.1) is 12.4 Å². The predicted octanol–water partition coefficient (Wildman–Crippen LogP) is 3.53. The van der Waals surface area contributed by atoms with Crippen molar-refractivity contribution in [2.75, 3.05) is 12.4 Å². The van der Waals surface area contributed by atoms with Crippen molar-refractivity contribution < 1.29 is 9.53 Å². The smallest absolute Gasteiger partial charge is 0.237 e. The first kappa shape index (κ1) is 16.7. The molecule has 1 atom stereocenters. The van der Waals surface area contributed by atoms with Crippen LogP contribution in [-0.2, 0) is 11.2 Å². The van der Waals surface area contributed by atoms with E-state index < -0.39 is 0 Å². The third-order valence-electron chi connectivity index (χ3n) is 4.32. The van der Waals surface area contributed by atoms with Crippen LogP contribution in [0.5, 0.6) is 5.75 Å². The zero-order valence-electron chi connectivity index (χ0n) is 14.2. The van der Waals surface area contributed by atoms with Gasteiger partial charge in [0.1, 0.15) is 5.75 Å². The maximum Gasteiger partial charge on any atom is 0.237 e. The van der Waals surface area contributed by atoms with Crippen LogP contribution in [0, 0.1) is 0 Å². The largest absolute Gasteiger partial charge is 0.497 e. The molecule has 1 amide bonds. The Morgan fingerprint density at radius 1 is 1.15 bits per heavy atom. The molecule has 2 N–H and O–H groups in total. The molecule has 0 aliphatic carbocycles. The summed E-state index contributed by atoms with van der Waals surface area (Å²) in [4.78, 5) is 17.0. The van der Waals surface area contributed by atoms with Gasteiger partial charge in [-0.2, -0.15) is 0 Å². The number of H-pyrrole nitrogens is 1. The van der Waals surface area contributed by atoms with Crippen LogP contribution in [0.1, 0.15) is 12.0 Å². The number of ether oxygens (including phenoxy) is 1. The van der Waals surface area contributed by atoms with Crippen molar-refractivity contribution >= 4 is 23.4 Å². The topological polar surface area (TPSA) is 79.9 Å². The number of hydrogen-bond donors (Lipinski definition) is 2.